The van der Waals surface area contributed by atoms with E-state index in [1.165, 1.54) is 32.1 Å². The van der Waals surface area contributed by atoms with Gasteiger partial charge in [-0.15, -0.1) is 0 Å². The van der Waals surface area contributed by atoms with Gasteiger partial charge in [-0.2, -0.15) is 0 Å². The van der Waals surface area contributed by atoms with Crippen LogP contribution in [0.4, 0.5) is 0 Å². The van der Waals surface area contributed by atoms with E-state index in [0.29, 0.717) is 24.7 Å². The zero-order valence-electron chi connectivity index (χ0n) is 21.3. The minimum absolute atomic E-state index is 0.137. The third-order valence-electron chi connectivity index (χ3n) is 9.43. The summed E-state index contributed by atoms with van der Waals surface area (Å²) in [5.41, 5.74) is -2.48. The van der Waals surface area contributed by atoms with E-state index in [-0.39, 0.29) is 43.1 Å². The van der Waals surface area contributed by atoms with Crippen LogP contribution in [-0.2, 0) is 28.6 Å². The molecule has 1 heterocycles. The van der Waals surface area contributed by atoms with Crippen LogP contribution in [0.3, 0.4) is 0 Å². The standard InChI is InChI=1S/C27H42O6/c1-7-26(5,14-24(2,3)22(29)32-16-25(4)13-21(28)31-15-25)23(30)33-27(6)19-9-17-8-18(11-19)12-20(27)10-17/h17-20H,7-16H2,1-6H3. The Morgan fingerprint density at radius 1 is 1.00 bits per heavy atom. The van der Waals surface area contributed by atoms with E-state index >= 15 is 0 Å². The minimum Gasteiger partial charge on any atom is -0.465 e. The lowest BCUT2D eigenvalue weighted by Crippen LogP contribution is -2.59. The smallest absolute Gasteiger partial charge is 0.312 e. The molecule has 1 aliphatic heterocycles. The molecule has 6 heteroatoms. The quantitative estimate of drug-likeness (QED) is 0.370. The van der Waals surface area contributed by atoms with Crippen molar-refractivity contribution in [3.63, 3.8) is 0 Å². The summed E-state index contributed by atoms with van der Waals surface area (Å²) in [6, 6.07) is 0. The van der Waals surface area contributed by atoms with E-state index in [4.69, 9.17) is 14.2 Å². The molecule has 186 valence electrons. The number of rotatable bonds is 8. The first-order chi connectivity index (χ1) is 15.3. The molecule has 0 amide bonds. The van der Waals surface area contributed by atoms with Crippen molar-refractivity contribution in [3.05, 3.63) is 0 Å². The first-order valence-electron chi connectivity index (χ1n) is 12.8. The van der Waals surface area contributed by atoms with Gasteiger partial charge in [-0.25, -0.2) is 0 Å². The molecule has 0 radical (unpaired) electrons. The lowest BCUT2D eigenvalue weighted by Gasteiger charge is -2.59. The number of carbonyl (C=O) groups is 3. The van der Waals surface area contributed by atoms with Gasteiger partial charge < -0.3 is 14.2 Å². The average molecular weight is 463 g/mol. The summed E-state index contributed by atoms with van der Waals surface area (Å²) in [7, 11) is 0. The summed E-state index contributed by atoms with van der Waals surface area (Å²) in [5, 5.41) is 0. The summed E-state index contributed by atoms with van der Waals surface area (Å²) in [6.07, 6.45) is 7.30. The van der Waals surface area contributed by atoms with Crippen LogP contribution in [0.5, 0.6) is 0 Å². The predicted molar refractivity (Wildman–Crippen MR) is 123 cm³/mol. The van der Waals surface area contributed by atoms with E-state index in [1.807, 2.05) is 34.6 Å². The minimum atomic E-state index is -0.853. The number of ether oxygens (including phenoxy) is 3. The molecular formula is C27H42O6. The van der Waals surface area contributed by atoms with Gasteiger partial charge in [-0.05, 0) is 96.3 Å². The van der Waals surface area contributed by atoms with Crippen molar-refractivity contribution in [3.8, 4) is 0 Å². The molecular weight excluding hydrogens is 420 g/mol. The van der Waals surface area contributed by atoms with Crippen LogP contribution in [0.25, 0.3) is 0 Å². The van der Waals surface area contributed by atoms with Crippen LogP contribution >= 0.6 is 0 Å². The molecule has 5 rings (SSSR count). The van der Waals surface area contributed by atoms with Gasteiger partial charge in [0.15, 0.2) is 0 Å². The molecule has 2 atom stereocenters. The van der Waals surface area contributed by atoms with Crippen molar-refractivity contribution in [1.29, 1.82) is 0 Å². The van der Waals surface area contributed by atoms with Crippen LogP contribution in [0.2, 0.25) is 0 Å². The first-order valence-corrected chi connectivity index (χ1v) is 12.8. The van der Waals surface area contributed by atoms with E-state index in [2.05, 4.69) is 6.92 Å². The fourth-order valence-electron chi connectivity index (χ4n) is 7.23. The molecule has 6 nitrogen and oxygen atoms in total. The normalized spacial score (nSPS) is 39.2. The van der Waals surface area contributed by atoms with Gasteiger partial charge in [0.2, 0.25) is 0 Å². The topological polar surface area (TPSA) is 78.9 Å². The molecule has 2 unspecified atom stereocenters. The maximum absolute atomic E-state index is 13.6. The van der Waals surface area contributed by atoms with Gasteiger partial charge in [-0.1, -0.05) is 13.8 Å². The number of cyclic esters (lactones) is 1. The fraction of sp³-hybridized carbons (Fsp3) is 0.889. The van der Waals surface area contributed by atoms with Crippen LogP contribution in [0.1, 0.15) is 92.9 Å². The molecule has 33 heavy (non-hydrogen) atoms. The van der Waals surface area contributed by atoms with Gasteiger partial charge in [0.1, 0.15) is 18.8 Å². The summed E-state index contributed by atoms with van der Waals surface area (Å²) < 4.78 is 17.1. The second kappa shape index (κ2) is 8.27. The van der Waals surface area contributed by atoms with Crippen molar-refractivity contribution in [2.45, 2.75) is 98.5 Å². The second-order valence-corrected chi connectivity index (χ2v) is 13.1. The van der Waals surface area contributed by atoms with E-state index in [1.54, 1.807) is 0 Å². The Bertz CT molecular complexity index is 787. The molecule has 4 saturated carbocycles. The van der Waals surface area contributed by atoms with E-state index in [0.717, 1.165) is 11.8 Å². The first kappa shape index (κ1) is 24.5. The monoisotopic (exact) mass is 462 g/mol. The van der Waals surface area contributed by atoms with Crippen molar-refractivity contribution >= 4 is 17.9 Å². The third-order valence-corrected chi connectivity index (χ3v) is 9.43. The molecule has 1 saturated heterocycles. The van der Waals surface area contributed by atoms with Crippen molar-refractivity contribution in [2.75, 3.05) is 13.2 Å². The summed E-state index contributed by atoms with van der Waals surface area (Å²) in [5.74, 6) is 1.77. The molecule has 5 fully saturated rings. The number of hydrogen-bond acceptors (Lipinski definition) is 6. The summed E-state index contributed by atoms with van der Waals surface area (Å²) >= 11 is 0. The molecule has 4 aliphatic carbocycles. The van der Waals surface area contributed by atoms with Crippen LogP contribution in [0, 0.1) is 39.9 Å². The van der Waals surface area contributed by atoms with Crippen molar-refractivity contribution < 1.29 is 28.6 Å². The lowest BCUT2D eigenvalue weighted by molar-refractivity contribution is -0.213. The molecule has 4 bridgehead atoms. The van der Waals surface area contributed by atoms with Crippen molar-refractivity contribution in [1.82, 2.24) is 0 Å². The molecule has 0 N–H and O–H groups in total. The summed E-state index contributed by atoms with van der Waals surface area (Å²) in [4.78, 5) is 38.1. The largest absolute Gasteiger partial charge is 0.465 e. The van der Waals surface area contributed by atoms with Gasteiger partial charge in [-0.3, -0.25) is 14.4 Å². The Kier molecular flexibility index (Phi) is 6.14. The Morgan fingerprint density at radius 3 is 2.06 bits per heavy atom. The van der Waals surface area contributed by atoms with E-state index in [9.17, 15) is 14.4 Å². The third kappa shape index (κ3) is 4.55. The fourth-order valence-corrected chi connectivity index (χ4v) is 7.23. The van der Waals surface area contributed by atoms with Crippen LogP contribution in [-0.4, -0.2) is 36.7 Å². The molecule has 0 aromatic carbocycles. The molecule has 0 aromatic rings. The highest BCUT2D eigenvalue weighted by molar-refractivity contribution is 5.81. The van der Waals surface area contributed by atoms with Gasteiger partial charge in [0, 0.05) is 5.41 Å². The van der Waals surface area contributed by atoms with Gasteiger partial charge in [0.05, 0.1) is 17.3 Å². The predicted octanol–water partition coefficient (Wildman–Crippen LogP) is 5.07. The summed E-state index contributed by atoms with van der Waals surface area (Å²) in [6.45, 7) is 12.0. The Balaban J connectivity index is 1.40. The zero-order valence-corrected chi connectivity index (χ0v) is 21.3. The van der Waals surface area contributed by atoms with Gasteiger partial charge >= 0.3 is 17.9 Å². The number of hydrogen-bond donors (Lipinski definition) is 0. The highest BCUT2D eigenvalue weighted by Gasteiger charge is 2.58. The Morgan fingerprint density at radius 2 is 1.58 bits per heavy atom. The highest BCUT2D eigenvalue weighted by atomic mass is 16.6. The molecule has 0 spiro atoms. The highest BCUT2D eigenvalue weighted by Crippen LogP contribution is 2.60. The Labute approximate surface area is 198 Å². The van der Waals surface area contributed by atoms with Crippen LogP contribution in [0.15, 0.2) is 0 Å². The maximum atomic E-state index is 13.6. The zero-order chi connectivity index (χ0) is 24.2. The number of esters is 3. The lowest BCUT2D eigenvalue weighted by atomic mass is 9.50. The molecule has 0 aromatic heterocycles. The molecule has 5 aliphatic rings. The number of carbonyl (C=O) groups excluding carboxylic acids is 3. The average Bonchev–Trinajstić information content (AvgIpc) is 3.08. The Hall–Kier alpha value is -1.59. The SMILES string of the molecule is CCC(C)(CC(C)(C)C(=O)OCC1(C)COC(=O)C1)C(=O)OC1(C)C2CC3CC(C2)CC1C3. The maximum Gasteiger partial charge on any atom is 0.312 e. The van der Waals surface area contributed by atoms with Crippen molar-refractivity contribution in [2.24, 2.45) is 39.9 Å². The van der Waals surface area contributed by atoms with Gasteiger partial charge in [0.25, 0.3) is 0 Å². The second-order valence-electron chi connectivity index (χ2n) is 13.1. The van der Waals surface area contributed by atoms with E-state index < -0.39 is 16.2 Å². The van der Waals surface area contributed by atoms with Crippen LogP contribution < -0.4 is 0 Å².